The first-order chi connectivity index (χ1) is 13.4. The summed E-state index contributed by atoms with van der Waals surface area (Å²) in [6.45, 7) is 2.11. The molecule has 0 aliphatic rings. The van der Waals surface area contributed by atoms with Gasteiger partial charge >= 0.3 is 6.03 Å². The molecule has 1 heterocycles. The maximum atomic E-state index is 13.3. The molecule has 3 rings (SSSR count). The second kappa shape index (κ2) is 8.66. The van der Waals surface area contributed by atoms with Crippen LogP contribution in [0.1, 0.15) is 12.5 Å². The topological polar surface area (TPSA) is 103 Å². The van der Waals surface area contributed by atoms with Crippen LogP contribution in [0.25, 0.3) is 11.4 Å². The fraction of sp³-hybridized carbons (Fsp3) is 0.158. The first-order valence-corrected chi connectivity index (χ1v) is 9.32. The SMILES string of the molecule is C[C@H](Sc1nnc(-c2ccc(F)cc2)n1Cc1ccccc1)C(=O)NC(N)=O. The summed E-state index contributed by atoms with van der Waals surface area (Å²) in [5.41, 5.74) is 6.72. The number of benzene rings is 2. The summed E-state index contributed by atoms with van der Waals surface area (Å²) in [4.78, 5) is 22.9. The molecule has 7 nitrogen and oxygen atoms in total. The number of amides is 3. The lowest BCUT2D eigenvalue weighted by Gasteiger charge is -2.13. The zero-order chi connectivity index (χ0) is 20.1. The number of halogens is 1. The van der Waals surface area contributed by atoms with Gasteiger partial charge in [-0.15, -0.1) is 10.2 Å². The number of nitrogens with one attached hydrogen (secondary N) is 1. The molecule has 0 aliphatic carbocycles. The Morgan fingerprint density at radius 3 is 2.46 bits per heavy atom. The van der Waals surface area contributed by atoms with Gasteiger partial charge in [0.1, 0.15) is 5.82 Å². The molecule has 144 valence electrons. The van der Waals surface area contributed by atoms with Gasteiger partial charge in [-0.05, 0) is 36.8 Å². The molecule has 2 aromatic carbocycles. The van der Waals surface area contributed by atoms with E-state index in [1.54, 1.807) is 19.1 Å². The van der Waals surface area contributed by atoms with E-state index in [2.05, 4.69) is 15.5 Å². The van der Waals surface area contributed by atoms with E-state index in [-0.39, 0.29) is 5.82 Å². The molecule has 1 atom stereocenters. The van der Waals surface area contributed by atoms with Crippen molar-refractivity contribution in [3.8, 4) is 11.4 Å². The molecule has 0 fully saturated rings. The predicted molar refractivity (Wildman–Crippen MR) is 104 cm³/mol. The lowest BCUT2D eigenvalue weighted by molar-refractivity contribution is -0.119. The molecule has 28 heavy (non-hydrogen) atoms. The number of primary amides is 1. The second-order valence-electron chi connectivity index (χ2n) is 6.00. The first kappa shape index (κ1) is 19.6. The number of imide groups is 1. The number of hydrogen-bond donors (Lipinski definition) is 2. The number of thioether (sulfide) groups is 1. The molecule has 9 heteroatoms. The monoisotopic (exact) mass is 399 g/mol. The quantitative estimate of drug-likeness (QED) is 0.621. The number of rotatable bonds is 6. The van der Waals surface area contributed by atoms with Gasteiger partial charge in [0.25, 0.3) is 0 Å². The van der Waals surface area contributed by atoms with E-state index in [0.29, 0.717) is 23.1 Å². The average molecular weight is 399 g/mol. The minimum atomic E-state index is -0.907. The maximum Gasteiger partial charge on any atom is 0.318 e. The summed E-state index contributed by atoms with van der Waals surface area (Å²) < 4.78 is 15.1. The highest BCUT2D eigenvalue weighted by Gasteiger charge is 2.22. The average Bonchev–Trinajstić information content (AvgIpc) is 3.05. The highest BCUT2D eigenvalue weighted by Crippen LogP contribution is 2.28. The van der Waals surface area contributed by atoms with Crippen molar-refractivity contribution < 1.29 is 14.0 Å². The number of carbonyl (C=O) groups excluding carboxylic acids is 2. The van der Waals surface area contributed by atoms with Crippen LogP contribution in [0.2, 0.25) is 0 Å². The normalized spacial score (nSPS) is 11.8. The van der Waals surface area contributed by atoms with Crippen LogP contribution >= 0.6 is 11.8 Å². The van der Waals surface area contributed by atoms with Crippen molar-refractivity contribution in [1.29, 1.82) is 0 Å². The number of urea groups is 1. The Morgan fingerprint density at radius 1 is 1.14 bits per heavy atom. The summed E-state index contributed by atoms with van der Waals surface area (Å²) in [5.74, 6) is -0.312. The van der Waals surface area contributed by atoms with Crippen LogP contribution in [0.3, 0.4) is 0 Å². The van der Waals surface area contributed by atoms with Crippen molar-refractivity contribution in [2.24, 2.45) is 5.73 Å². The minimum Gasteiger partial charge on any atom is -0.351 e. The van der Waals surface area contributed by atoms with E-state index in [1.807, 2.05) is 34.9 Å². The van der Waals surface area contributed by atoms with Crippen molar-refractivity contribution in [2.75, 3.05) is 0 Å². The highest BCUT2D eigenvalue weighted by molar-refractivity contribution is 8.00. The third-order valence-electron chi connectivity index (χ3n) is 3.90. The van der Waals surface area contributed by atoms with Gasteiger partial charge < -0.3 is 5.73 Å². The zero-order valence-electron chi connectivity index (χ0n) is 15.0. The van der Waals surface area contributed by atoms with Gasteiger partial charge in [-0.25, -0.2) is 9.18 Å². The number of nitrogens with zero attached hydrogens (tertiary/aromatic N) is 3. The number of hydrogen-bond acceptors (Lipinski definition) is 5. The molecule has 0 bridgehead atoms. The van der Waals surface area contributed by atoms with Crippen LogP contribution in [0, 0.1) is 5.82 Å². The van der Waals surface area contributed by atoms with Crippen LogP contribution in [-0.2, 0) is 11.3 Å². The molecule has 0 spiro atoms. The van der Waals surface area contributed by atoms with Crippen LogP contribution in [0.15, 0.2) is 59.8 Å². The molecule has 0 radical (unpaired) electrons. The van der Waals surface area contributed by atoms with Crippen molar-refractivity contribution in [3.63, 3.8) is 0 Å². The van der Waals surface area contributed by atoms with Gasteiger partial charge in [0, 0.05) is 5.56 Å². The summed E-state index contributed by atoms with van der Waals surface area (Å²) >= 11 is 1.15. The van der Waals surface area contributed by atoms with Gasteiger partial charge in [0.2, 0.25) is 5.91 Å². The van der Waals surface area contributed by atoms with Crippen molar-refractivity contribution in [1.82, 2.24) is 20.1 Å². The zero-order valence-corrected chi connectivity index (χ0v) is 15.8. The molecule has 0 saturated heterocycles. The molecule has 3 N–H and O–H groups in total. The number of carbonyl (C=O) groups is 2. The van der Waals surface area contributed by atoms with Crippen LogP contribution in [-0.4, -0.2) is 32.0 Å². The van der Waals surface area contributed by atoms with Crippen LogP contribution < -0.4 is 11.1 Å². The fourth-order valence-corrected chi connectivity index (χ4v) is 3.38. The number of nitrogens with two attached hydrogens (primary N) is 1. The maximum absolute atomic E-state index is 13.3. The molecule has 3 aromatic rings. The highest BCUT2D eigenvalue weighted by atomic mass is 32.2. The Morgan fingerprint density at radius 2 is 1.82 bits per heavy atom. The van der Waals surface area contributed by atoms with Crippen LogP contribution in [0.5, 0.6) is 0 Å². The summed E-state index contributed by atoms with van der Waals surface area (Å²) in [6.07, 6.45) is 0. The van der Waals surface area contributed by atoms with Crippen molar-refractivity contribution in [2.45, 2.75) is 23.9 Å². The molecule has 3 amide bonds. The van der Waals surface area contributed by atoms with E-state index in [4.69, 9.17) is 5.73 Å². The van der Waals surface area contributed by atoms with E-state index in [0.717, 1.165) is 17.3 Å². The molecule has 0 unspecified atom stereocenters. The molecule has 0 aliphatic heterocycles. The largest absolute Gasteiger partial charge is 0.351 e. The van der Waals surface area contributed by atoms with E-state index >= 15 is 0 Å². The van der Waals surface area contributed by atoms with E-state index in [9.17, 15) is 14.0 Å². The standard InChI is InChI=1S/C19H18FN5O2S/c1-12(17(26)22-18(21)27)28-19-24-23-16(14-7-9-15(20)10-8-14)25(19)11-13-5-3-2-4-6-13/h2-10,12H,11H2,1H3,(H3,21,22,26,27)/t12-/m0/s1. The van der Waals surface area contributed by atoms with Gasteiger partial charge in [-0.3, -0.25) is 14.7 Å². The van der Waals surface area contributed by atoms with Gasteiger partial charge in [0.15, 0.2) is 11.0 Å². The predicted octanol–water partition coefficient (Wildman–Crippen LogP) is 2.81. The van der Waals surface area contributed by atoms with Crippen LogP contribution in [0.4, 0.5) is 9.18 Å². The minimum absolute atomic E-state index is 0.343. The second-order valence-corrected chi connectivity index (χ2v) is 7.31. The van der Waals surface area contributed by atoms with E-state index in [1.165, 1.54) is 12.1 Å². The van der Waals surface area contributed by atoms with Crippen molar-refractivity contribution in [3.05, 3.63) is 66.0 Å². The Bertz CT molecular complexity index is 976. The molecule has 0 saturated carbocycles. The molecule has 1 aromatic heterocycles. The summed E-state index contributed by atoms with van der Waals surface area (Å²) in [6, 6.07) is 14.7. The third-order valence-corrected chi connectivity index (χ3v) is 4.98. The fourth-order valence-electron chi connectivity index (χ4n) is 2.53. The Balaban J connectivity index is 1.94. The summed E-state index contributed by atoms with van der Waals surface area (Å²) in [7, 11) is 0. The third kappa shape index (κ3) is 4.74. The van der Waals surface area contributed by atoms with Gasteiger partial charge in [-0.1, -0.05) is 42.1 Å². The first-order valence-electron chi connectivity index (χ1n) is 8.44. The van der Waals surface area contributed by atoms with E-state index < -0.39 is 17.2 Å². The Labute approximate surface area is 165 Å². The molecular weight excluding hydrogens is 381 g/mol. The van der Waals surface area contributed by atoms with Crippen molar-refractivity contribution >= 4 is 23.7 Å². The smallest absolute Gasteiger partial charge is 0.318 e. The Kier molecular flexibility index (Phi) is 6.05. The molecular formula is C19H18FN5O2S. The number of aromatic nitrogens is 3. The lowest BCUT2D eigenvalue weighted by atomic mass is 10.2. The Hall–Kier alpha value is -3.20. The lowest BCUT2D eigenvalue weighted by Crippen LogP contribution is -2.39. The van der Waals surface area contributed by atoms with Gasteiger partial charge in [0.05, 0.1) is 11.8 Å². The summed E-state index contributed by atoms with van der Waals surface area (Å²) in [5, 5.41) is 10.4. The van der Waals surface area contributed by atoms with Gasteiger partial charge in [-0.2, -0.15) is 0 Å².